The molecule has 5 heteroatoms. The highest BCUT2D eigenvalue weighted by Gasteiger charge is 2.17. The molecule has 0 aliphatic carbocycles. The van der Waals surface area contributed by atoms with Gasteiger partial charge in [-0.2, -0.15) is 0 Å². The number of carbonyl (C=O) groups excluding carboxylic acids is 1. The fourth-order valence-electron chi connectivity index (χ4n) is 2.10. The first-order chi connectivity index (χ1) is 10.7. The van der Waals surface area contributed by atoms with Crippen molar-refractivity contribution < 1.29 is 14.6 Å². The number of halogens is 1. The van der Waals surface area contributed by atoms with E-state index in [9.17, 15) is 9.90 Å². The number of nitrogens with one attached hydrogen (secondary N) is 1. The second kappa shape index (κ2) is 8.56. The van der Waals surface area contributed by atoms with Gasteiger partial charge in [0.05, 0.1) is 6.04 Å². The van der Waals surface area contributed by atoms with E-state index in [0.29, 0.717) is 6.42 Å². The van der Waals surface area contributed by atoms with Crippen molar-refractivity contribution >= 4 is 22.0 Å². The number of alkyl carbamates (subject to hydrolysis) is 1. The Bertz CT molecular complexity index is 604. The van der Waals surface area contributed by atoms with Gasteiger partial charge in [0, 0.05) is 11.1 Å². The molecule has 0 bridgehead atoms. The van der Waals surface area contributed by atoms with Crippen LogP contribution in [-0.4, -0.2) is 17.8 Å². The van der Waals surface area contributed by atoms with Crippen molar-refractivity contribution in [2.45, 2.75) is 19.1 Å². The van der Waals surface area contributed by atoms with Crippen molar-refractivity contribution in [3.05, 3.63) is 70.2 Å². The topological polar surface area (TPSA) is 58.6 Å². The van der Waals surface area contributed by atoms with Crippen LogP contribution in [0, 0.1) is 0 Å². The standard InChI is InChI=1S/C17H18BrNO3/c18-15-9-5-4-8-14(15)16(10-11-20)19-17(21)22-12-13-6-2-1-3-7-13/h1-9,16,20H,10-12H2,(H,19,21). The first kappa shape index (κ1) is 16.5. The Hall–Kier alpha value is -1.85. The van der Waals surface area contributed by atoms with Crippen LogP contribution in [0.15, 0.2) is 59.1 Å². The summed E-state index contributed by atoms with van der Waals surface area (Å²) in [4.78, 5) is 12.0. The smallest absolute Gasteiger partial charge is 0.407 e. The van der Waals surface area contributed by atoms with Gasteiger partial charge < -0.3 is 15.2 Å². The zero-order chi connectivity index (χ0) is 15.8. The van der Waals surface area contributed by atoms with E-state index < -0.39 is 6.09 Å². The number of carbonyl (C=O) groups is 1. The van der Waals surface area contributed by atoms with Crippen LogP contribution in [0.2, 0.25) is 0 Å². The third-order valence-corrected chi connectivity index (χ3v) is 3.93. The van der Waals surface area contributed by atoms with E-state index in [4.69, 9.17) is 4.74 Å². The van der Waals surface area contributed by atoms with Crippen molar-refractivity contribution in [3.8, 4) is 0 Å². The molecule has 2 N–H and O–H groups in total. The highest BCUT2D eigenvalue weighted by Crippen LogP contribution is 2.25. The number of aliphatic hydroxyl groups is 1. The lowest BCUT2D eigenvalue weighted by atomic mass is 10.0. The second-order valence-electron chi connectivity index (χ2n) is 4.79. The number of rotatable bonds is 6. The number of hydrogen-bond acceptors (Lipinski definition) is 3. The van der Waals surface area contributed by atoms with Gasteiger partial charge >= 0.3 is 6.09 Å². The average Bonchev–Trinajstić information content (AvgIpc) is 2.54. The van der Waals surface area contributed by atoms with Gasteiger partial charge in [0.15, 0.2) is 0 Å². The lowest BCUT2D eigenvalue weighted by molar-refractivity contribution is 0.133. The molecule has 2 aromatic rings. The summed E-state index contributed by atoms with van der Waals surface area (Å²) in [6, 6.07) is 16.8. The second-order valence-corrected chi connectivity index (χ2v) is 5.65. The predicted octanol–water partition coefficient (Wildman–Crippen LogP) is 3.80. The van der Waals surface area contributed by atoms with E-state index in [1.54, 1.807) is 0 Å². The van der Waals surface area contributed by atoms with Gasteiger partial charge in [0.25, 0.3) is 0 Å². The van der Waals surface area contributed by atoms with Crippen LogP contribution in [0.1, 0.15) is 23.6 Å². The summed E-state index contributed by atoms with van der Waals surface area (Å²) in [6.45, 7) is 0.194. The molecule has 1 amide bonds. The van der Waals surface area contributed by atoms with Crippen LogP contribution in [-0.2, 0) is 11.3 Å². The molecule has 0 aliphatic heterocycles. The van der Waals surface area contributed by atoms with E-state index in [1.807, 2.05) is 54.6 Å². The molecule has 2 rings (SSSR count). The third kappa shape index (κ3) is 4.86. The van der Waals surface area contributed by atoms with Crippen LogP contribution in [0.25, 0.3) is 0 Å². The summed E-state index contributed by atoms with van der Waals surface area (Å²) in [5, 5.41) is 12.0. The molecule has 1 unspecified atom stereocenters. The highest BCUT2D eigenvalue weighted by molar-refractivity contribution is 9.10. The first-order valence-corrected chi connectivity index (χ1v) is 7.82. The number of amides is 1. The molecule has 116 valence electrons. The molecular weight excluding hydrogens is 346 g/mol. The van der Waals surface area contributed by atoms with Crippen LogP contribution in [0.4, 0.5) is 4.79 Å². The monoisotopic (exact) mass is 363 g/mol. The minimum Gasteiger partial charge on any atom is -0.445 e. The Labute approximate surface area is 138 Å². The van der Waals surface area contributed by atoms with E-state index in [0.717, 1.165) is 15.6 Å². The lowest BCUT2D eigenvalue weighted by Gasteiger charge is -2.19. The van der Waals surface area contributed by atoms with Gasteiger partial charge in [0.2, 0.25) is 0 Å². The molecule has 0 fully saturated rings. The van der Waals surface area contributed by atoms with Crippen molar-refractivity contribution in [1.29, 1.82) is 0 Å². The fourth-order valence-corrected chi connectivity index (χ4v) is 2.66. The maximum Gasteiger partial charge on any atom is 0.407 e. The van der Waals surface area contributed by atoms with Gasteiger partial charge in [-0.05, 0) is 23.6 Å². The van der Waals surface area contributed by atoms with Gasteiger partial charge in [-0.1, -0.05) is 64.5 Å². The maximum atomic E-state index is 12.0. The molecule has 0 spiro atoms. The van der Waals surface area contributed by atoms with E-state index >= 15 is 0 Å². The number of benzene rings is 2. The largest absolute Gasteiger partial charge is 0.445 e. The average molecular weight is 364 g/mol. The molecule has 0 saturated carbocycles. The van der Waals surface area contributed by atoms with E-state index in [-0.39, 0.29) is 19.3 Å². The fraction of sp³-hybridized carbons (Fsp3) is 0.235. The summed E-state index contributed by atoms with van der Waals surface area (Å²) < 4.78 is 6.11. The maximum absolute atomic E-state index is 12.0. The number of hydrogen-bond donors (Lipinski definition) is 2. The molecule has 0 radical (unpaired) electrons. The molecule has 4 nitrogen and oxygen atoms in total. The van der Waals surface area contributed by atoms with Crippen molar-refractivity contribution in [3.63, 3.8) is 0 Å². The van der Waals surface area contributed by atoms with Crippen LogP contribution < -0.4 is 5.32 Å². The summed E-state index contributed by atoms with van der Waals surface area (Å²) in [6.07, 6.45) is -0.0821. The number of ether oxygens (including phenoxy) is 1. The summed E-state index contributed by atoms with van der Waals surface area (Å²) in [5.74, 6) is 0. The normalized spacial score (nSPS) is 11.7. The Kier molecular flexibility index (Phi) is 6.43. The lowest BCUT2D eigenvalue weighted by Crippen LogP contribution is -2.30. The summed E-state index contributed by atoms with van der Waals surface area (Å²) in [5.41, 5.74) is 1.84. The van der Waals surface area contributed by atoms with E-state index in [2.05, 4.69) is 21.2 Å². The SMILES string of the molecule is O=C(NC(CCO)c1ccccc1Br)OCc1ccccc1. The third-order valence-electron chi connectivity index (χ3n) is 3.20. The Morgan fingerprint density at radius 3 is 2.50 bits per heavy atom. The van der Waals surface area contributed by atoms with Gasteiger partial charge in [-0.25, -0.2) is 4.79 Å². The predicted molar refractivity (Wildman–Crippen MR) is 88.3 cm³/mol. The molecular formula is C17H18BrNO3. The van der Waals surface area contributed by atoms with Gasteiger partial charge in [-0.3, -0.25) is 0 Å². The Balaban J connectivity index is 1.96. The minimum absolute atomic E-state index is 0.0229. The molecule has 2 aromatic carbocycles. The molecule has 0 heterocycles. The van der Waals surface area contributed by atoms with Crippen LogP contribution in [0.5, 0.6) is 0 Å². The van der Waals surface area contributed by atoms with E-state index in [1.165, 1.54) is 0 Å². The minimum atomic E-state index is -0.502. The van der Waals surface area contributed by atoms with Crippen LogP contribution >= 0.6 is 15.9 Å². The van der Waals surface area contributed by atoms with Gasteiger partial charge in [-0.15, -0.1) is 0 Å². The number of aliphatic hydroxyl groups excluding tert-OH is 1. The highest BCUT2D eigenvalue weighted by atomic mass is 79.9. The zero-order valence-electron chi connectivity index (χ0n) is 12.0. The Morgan fingerprint density at radius 2 is 1.82 bits per heavy atom. The summed E-state index contributed by atoms with van der Waals surface area (Å²) in [7, 11) is 0. The van der Waals surface area contributed by atoms with Crippen LogP contribution in [0.3, 0.4) is 0 Å². The zero-order valence-corrected chi connectivity index (χ0v) is 13.6. The molecule has 1 atom stereocenters. The summed E-state index contributed by atoms with van der Waals surface area (Å²) >= 11 is 3.46. The molecule has 0 aromatic heterocycles. The molecule has 0 saturated heterocycles. The molecule has 0 aliphatic rings. The van der Waals surface area contributed by atoms with Crippen molar-refractivity contribution in [2.75, 3.05) is 6.61 Å². The Morgan fingerprint density at radius 1 is 1.14 bits per heavy atom. The van der Waals surface area contributed by atoms with Gasteiger partial charge in [0.1, 0.15) is 6.61 Å². The van der Waals surface area contributed by atoms with Crippen molar-refractivity contribution in [2.24, 2.45) is 0 Å². The quantitative estimate of drug-likeness (QED) is 0.820. The van der Waals surface area contributed by atoms with Crippen molar-refractivity contribution in [1.82, 2.24) is 5.32 Å². The molecule has 22 heavy (non-hydrogen) atoms. The first-order valence-electron chi connectivity index (χ1n) is 7.03.